The molecule has 3 aromatic carbocycles. The number of hydrogen-bond donors (Lipinski definition) is 3. The SMILES string of the molecule is Cc1cc([C@H](C)Nc2cccc(-c3cc(C)c(C(=O)N[C@@H](C)C(=O)O)c(C)c3)c2)ccc1Cl. The summed E-state index contributed by atoms with van der Waals surface area (Å²) in [5, 5.41) is 15.9. The van der Waals surface area contributed by atoms with E-state index in [0.717, 1.165) is 44.1 Å². The Morgan fingerprint density at radius 1 is 0.879 bits per heavy atom. The molecule has 0 saturated heterocycles. The Bertz CT molecular complexity index is 1180. The van der Waals surface area contributed by atoms with E-state index in [9.17, 15) is 9.59 Å². The van der Waals surface area contributed by atoms with Crippen LogP contribution in [0.2, 0.25) is 5.02 Å². The van der Waals surface area contributed by atoms with E-state index < -0.39 is 12.0 Å². The van der Waals surface area contributed by atoms with Gasteiger partial charge >= 0.3 is 5.97 Å². The highest BCUT2D eigenvalue weighted by atomic mass is 35.5. The minimum Gasteiger partial charge on any atom is -0.480 e. The lowest BCUT2D eigenvalue weighted by atomic mass is 9.94. The zero-order chi connectivity index (χ0) is 24.3. The van der Waals surface area contributed by atoms with Gasteiger partial charge in [-0.05, 0) is 86.2 Å². The first-order valence-corrected chi connectivity index (χ1v) is 11.2. The fourth-order valence-corrected chi connectivity index (χ4v) is 4.00. The molecule has 0 aliphatic carbocycles. The van der Waals surface area contributed by atoms with Crippen molar-refractivity contribution in [3.8, 4) is 11.1 Å². The van der Waals surface area contributed by atoms with Crippen molar-refractivity contribution in [2.24, 2.45) is 0 Å². The highest BCUT2D eigenvalue weighted by molar-refractivity contribution is 6.31. The molecule has 0 aliphatic heterocycles. The number of carbonyl (C=O) groups excluding carboxylic acids is 1. The highest BCUT2D eigenvalue weighted by Gasteiger charge is 2.19. The Hall–Kier alpha value is -3.31. The van der Waals surface area contributed by atoms with Crippen LogP contribution in [0.25, 0.3) is 11.1 Å². The van der Waals surface area contributed by atoms with Crippen LogP contribution in [-0.4, -0.2) is 23.0 Å². The summed E-state index contributed by atoms with van der Waals surface area (Å²) in [6, 6.07) is 17.2. The smallest absolute Gasteiger partial charge is 0.325 e. The molecular formula is C27H29ClN2O3. The maximum atomic E-state index is 12.6. The molecule has 0 saturated carbocycles. The fraction of sp³-hybridized carbons (Fsp3) is 0.259. The number of rotatable bonds is 7. The number of amides is 1. The van der Waals surface area contributed by atoms with Gasteiger partial charge in [0.25, 0.3) is 5.91 Å². The van der Waals surface area contributed by atoms with Crippen LogP contribution in [0.3, 0.4) is 0 Å². The minimum absolute atomic E-state index is 0.0991. The predicted molar refractivity (Wildman–Crippen MR) is 134 cm³/mol. The van der Waals surface area contributed by atoms with Gasteiger partial charge in [-0.25, -0.2) is 0 Å². The summed E-state index contributed by atoms with van der Waals surface area (Å²) in [7, 11) is 0. The largest absolute Gasteiger partial charge is 0.480 e. The Labute approximate surface area is 199 Å². The molecule has 3 N–H and O–H groups in total. The van der Waals surface area contributed by atoms with Crippen LogP contribution in [-0.2, 0) is 4.79 Å². The average molecular weight is 465 g/mol. The van der Waals surface area contributed by atoms with Crippen molar-refractivity contribution in [1.29, 1.82) is 0 Å². The number of nitrogens with one attached hydrogen (secondary N) is 2. The summed E-state index contributed by atoms with van der Waals surface area (Å²) in [4.78, 5) is 23.7. The summed E-state index contributed by atoms with van der Waals surface area (Å²) in [5.41, 5.74) is 7.30. The third-order valence-electron chi connectivity index (χ3n) is 5.74. The number of benzene rings is 3. The van der Waals surface area contributed by atoms with E-state index in [1.807, 2.05) is 63.2 Å². The van der Waals surface area contributed by atoms with Crippen LogP contribution in [0.1, 0.15) is 52.5 Å². The van der Waals surface area contributed by atoms with E-state index in [1.54, 1.807) is 0 Å². The average Bonchev–Trinajstić information content (AvgIpc) is 2.75. The summed E-state index contributed by atoms with van der Waals surface area (Å²) < 4.78 is 0. The molecule has 0 fully saturated rings. The standard InChI is InChI=1S/C27H29ClN2O3/c1-15-11-20(9-10-24(15)28)18(4)29-23-8-6-7-21(14-23)22-12-16(2)25(17(3)13-22)26(31)30-19(5)27(32)33/h6-14,18-19,29H,1-5H3,(H,30,31)(H,32,33)/t18-,19-/m0/s1. The van der Waals surface area contributed by atoms with E-state index >= 15 is 0 Å². The van der Waals surface area contributed by atoms with Crippen LogP contribution in [0.4, 0.5) is 5.69 Å². The topological polar surface area (TPSA) is 78.4 Å². The van der Waals surface area contributed by atoms with Crippen molar-refractivity contribution >= 4 is 29.2 Å². The highest BCUT2D eigenvalue weighted by Crippen LogP contribution is 2.29. The lowest BCUT2D eigenvalue weighted by Gasteiger charge is -2.18. The molecule has 0 spiro atoms. The van der Waals surface area contributed by atoms with E-state index in [0.29, 0.717) is 5.56 Å². The molecule has 1 amide bonds. The summed E-state index contributed by atoms with van der Waals surface area (Å²) >= 11 is 6.16. The molecule has 3 aromatic rings. The summed E-state index contributed by atoms with van der Waals surface area (Å²) in [5.74, 6) is -1.45. The van der Waals surface area contributed by atoms with Crippen LogP contribution >= 0.6 is 11.6 Å². The number of anilines is 1. The Balaban J connectivity index is 1.84. The van der Waals surface area contributed by atoms with E-state index in [1.165, 1.54) is 6.92 Å². The molecule has 0 aliphatic rings. The molecule has 0 radical (unpaired) electrons. The van der Waals surface area contributed by atoms with E-state index in [4.69, 9.17) is 16.7 Å². The molecule has 5 nitrogen and oxygen atoms in total. The van der Waals surface area contributed by atoms with Crippen molar-refractivity contribution in [2.45, 2.75) is 46.7 Å². The Morgan fingerprint density at radius 2 is 1.55 bits per heavy atom. The first kappa shape index (κ1) is 24.3. The zero-order valence-corrected chi connectivity index (χ0v) is 20.2. The number of carboxylic acids is 1. The van der Waals surface area contributed by atoms with Crippen molar-refractivity contribution in [1.82, 2.24) is 5.32 Å². The van der Waals surface area contributed by atoms with Gasteiger partial charge in [-0.1, -0.05) is 48.0 Å². The molecular weight excluding hydrogens is 436 g/mol. The first-order chi connectivity index (χ1) is 15.6. The number of carbonyl (C=O) groups is 2. The van der Waals surface area contributed by atoms with Crippen LogP contribution in [0.15, 0.2) is 54.6 Å². The molecule has 33 heavy (non-hydrogen) atoms. The van der Waals surface area contributed by atoms with Crippen molar-refractivity contribution < 1.29 is 14.7 Å². The second-order valence-electron chi connectivity index (χ2n) is 8.47. The van der Waals surface area contributed by atoms with Crippen molar-refractivity contribution in [3.63, 3.8) is 0 Å². The number of carboxylic acid groups (broad SMARTS) is 1. The number of aryl methyl sites for hydroxylation is 3. The zero-order valence-electron chi connectivity index (χ0n) is 19.5. The lowest BCUT2D eigenvalue weighted by molar-refractivity contribution is -0.138. The Morgan fingerprint density at radius 3 is 2.15 bits per heavy atom. The van der Waals surface area contributed by atoms with Crippen LogP contribution in [0.5, 0.6) is 0 Å². The molecule has 0 bridgehead atoms. The lowest BCUT2D eigenvalue weighted by Crippen LogP contribution is -2.38. The molecule has 6 heteroatoms. The van der Waals surface area contributed by atoms with Gasteiger partial charge in [0.1, 0.15) is 6.04 Å². The molecule has 3 rings (SSSR count). The van der Waals surface area contributed by atoms with Gasteiger partial charge in [0.2, 0.25) is 0 Å². The van der Waals surface area contributed by atoms with Gasteiger partial charge in [0, 0.05) is 22.3 Å². The minimum atomic E-state index is -1.07. The van der Waals surface area contributed by atoms with Gasteiger partial charge < -0.3 is 15.7 Å². The molecule has 2 atom stereocenters. The van der Waals surface area contributed by atoms with Crippen molar-refractivity contribution in [2.75, 3.05) is 5.32 Å². The summed E-state index contributed by atoms with van der Waals surface area (Å²) in [6.07, 6.45) is 0. The van der Waals surface area contributed by atoms with E-state index in [-0.39, 0.29) is 11.9 Å². The third kappa shape index (κ3) is 5.74. The fourth-order valence-electron chi connectivity index (χ4n) is 3.88. The number of hydrogen-bond acceptors (Lipinski definition) is 3. The first-order valence-electron chi connectivity index (χ1n) is 10.8. The van der Waals surface area contributed by atoms with Gasteiger partial charge in [-0.15, -0.1) is 0 Å². The second-order valence-corrected chi connectivity index (χ2v) is 8.88. The molecule has 0 heterocycles. The summed E-state index contributed by atoms with van der Waals surface area (Å²) in [6.45, 7) is 9.28. The monoisotopic (exact) mass is 464 g/mol. The van der Waals surface area contributed by atoms with Crippen LogP contribution < -0.4 is 10.6 Å². The maximum absolute atomic E-state index is 12.6. The molecule has 172 valence electrons. The van der Waals surface area contributed by atoms with Crippen LogP contribution in [0, 0.1) is 20.8 Å². The van der Waals surface area contributed by atoms with Gasteiger partial charge in [0.05, 0.1) is 0 Å². The van der Waals surface area contributed by atoms with Crippen molar-refractivity contribution in [3.05, 3.63) is 87.4 Å². The second kappa shape index (κ2) is 10.1. The Kier molecular flexibility index (Phi) is 7.44. The maximum Gasteiger partial charge on any atom is 0.325 e. The normalized spacial score (nSPS) is 12.7. The van der Waals surface area contributed by atoms with Gasteiger partial charge in [-0.2, -0.15) is 0 Å². The predicted octanol–water partition coefficient (Wildman–Crippen LogP) is 6.31. The number of halogens is 1. The van der Waals surface area contributed by atoms with E-state index in [2.05, 4.69) is 29.7 Å². The van der Waals surface area contributed by atoms with Gasteiger partial charge in [0.15, 0.2) is 0 Å². The molecule has 0 unspecified atom stereocenters. The third-order valence-corrected chi connectivity index (χ3v) is 6.16. The van der Waals surface area contributed by atoms with Gasteiger partial charge in [-0.3, -0.25) is 9.59 Å². The molecule has 0 aromatic heterocycles. The quantitative estimate of drug-likeness (QED) is 0.383. The number of aliphatic carboxylic acids is 1.